The van der Waals surface area contributed by atoms with Gasteiger partial charge < -0.3 is 10.2 Å². The highest BCUT2D eigenvalue weighted by atomic mass is 32.2. The Hall–Kier alpha value is -3.05. The highest BCUT2D eigenvalue weighted by Crippen LogP contribution is 2.19. The van der Waals surface area contributed by atoms with Gasteiger partial charge in [-0.3, -0.25) is 9.59 Å². The predicted molar refractivity (Wildman–Crippen MR) is 137 cm³/mol. The van der Waals surface area contributed by atoms with Gasteiger partial charge in [-0.15, -0.1) is 11.8 Å². The monoisotopic (exact) mass is 460 g/mol. The van der Waals surface area contributed by atoms with Crippen molar-refractivity contribution in [1.29, 1.82) is 0 Å². The minimum absolute atomic E-state index is 0.0299. The van der Waals surface area contributed by atoms with Crippen LogP contribution in [0.1, 0.15) is 27.8 Å². The maximum absolute atomic E-state index is 13.4. The molecule has 172 valence electrons. The van der Waals surface area contributed by atoms with E-state index in [1.807, 2.05) is 67.6 Å². The zero-order valence-electron chi connectivity index (χ0n) is 19.6. The Morgan fingerprint density at radius 3 is 2.21 bits per heavy atom. The fourth-order valence-corrected chi connectivity index (χ4v) is 4.61. The summed E-state index contributed by atoms with van der Waals surface area (Å²) in [6.07, 6.45) is 0.473. The van der Waals surface area contributed by atoms with Crippen LogP contribution in [0.5, 0.6) is 0 Å². The predicted octanol–water partition coefficient (Wildman–Crippen LogP) is 4.92. The summed E-state index contributed by atoms with van der Waals surface area (Å²) in [5, 5.41) is 2.76. The molecule has 0 aliphatic heterocycles. The molecule has 1 atom stereocenters. The van der Waals surface area contributed by atoms with Gasteiger partial charge in [0.05, 0.1) is 5.75 Å². The number of carbonyl (C=O) groups excluding carboxylic acids is 2. The Bertz CT molecular complexity index is 1050. The van der Waals surface area contributed by atoms with Crippen LogP contribution in [0.4, 0.5) is 0 Å². The SMILES string of the molecule is CNC(=O)[C@H](Cc1ccccc1)N(Cc1ccc(C)cc1)C(=O)CSCc1cccc(C)c1. The molecule has 0 saturated carbocycles. The van der Waals surface area contributed by atoms with Crippen molar-refractivity contribution in [1.82, 2.24) is 10.2 Å². The molecule has 0 aliphatic carbocycles. The number of aryl methyl sites for hydroxylation is 2. The van der Waals surface area contributed by atoms with E-state index in [0.717, 1.165) is 22.4 Å². The summed E-state index contributed by atoms with van der Waals surface area (Å²) < 4.78 is 0. The first-order valence-corrected chi connectivity index (χ1v) is 12.4. The van der Waals surface area contributed by atoms with Crippen molar-refractivity contribution in [2.24, 2.45) is 0 Å². The molecule has 0 unspecified atom stereocenters. The van der Waals surface area contributed by atoms with Crippen molar-refractivity contribution in [3.8, 4) is 0 Å². The third-order valence-electron chi connectivity index (χ3n) is 5.57. The smallest absolute Gasteiger partial charge is 0.242 e. The van der Waals surface area contributed by atoms with E-state index in [1.165, 1.54) is 11.1 Å². The van der Waals surface area contributed by atoms with E-state index in [0.29, 0.717) is 18.7 Å². The number of hydrogen-bond acceptors (Lipinski definition) is 3. The van der Waals surface area contributed by atoms with Crippen LogP contribution < -0.4 is 5.32 Å². The first-order valence-electron chi connectivity index (χ1n) is 11.2. The first-order chi connectivity index (χ1) is 16.0. The van der Waals surface area contributed by atoms with E-state index in [-0.39, 0.29) is 11.8 Å². The molecule has 0 bridgehead atoms. The average Bonchev–Trinajstić information content (AvgIpc) is 2.82. The normalized spacial score (nSPS) is 11.6. The number of amides is 2. The summed E-state index contributed by atoms with van der Waals surface area (Å²) >= 11 is 1.58. The number of hydrogen-bond donors (Lipinski definition) is 1. The number of nitrogens with one attached hydrogen (secondary N) is 1. The molecule has 3 rings (SSSR count). The van der Waals surface area contributed by atoms with Gasteiger partial charge in [0.15, 0.2) is 0 Å². The van der Waals surface area contributed by atoms with Crippen LogP contribution in [0.3, 0.4) is 0 Å². The lowest BCUT2D eigenvalue weighted by molar-refractivity contribution is -0.139. The maximum Gasteiger partial charge on any atom is 0.242 e. The maximum atomic E-state index is 13.4. The Balaban J connectivity index is 1.80. The van der Waals surface area contributed by atoms with Crippen molar-refractivity contribution in [2.75, 3.05) is 12.8 Å². The van der Waals surface area contributed by atoms with Crippen LogP contribution in [0.25, 0.3) is 0 Å². The van der Waals surface area contributed by atoms with Crippen LogP contribution in [0.15, 0.2) is 78.9 Å². The molecule has 0 saturated heterocycles. The molecule has 3 aromatic carbocycles. The third-order valence-corrected chi connectivity index (χ3v) is 6.56. The van der Waals surface area contributed by atoms with Crippen LogP contribution in [0.2, 0.25) is 0 Å². The second kappa shape index (κ2) is 12.3. The summed E-state index contributed by atoms with van der Waals surface area (Å²) in [4.78, 5) is 28.1. The second-order valence-electron chi connectivity index (χ2n) is 8.31. The van der Waals surface area contributed by atoms with Gasteiger partial charge in [0.25, 0.3) is 0 Å². The molecule has 2 amide bonds. The van der Waals surface area contributed by atoms with Gasteiger partial charge >= 0.3 is 0 Å². The molecule has 0 aromatic heterocycles. The lowest BCUT2D eigenvalue weighted by Crippen LogP contribution is -2.50. The highest BCUT2D eigenvalue weighted by Gasteiger charge is 2.29. The fraction of sp³-hybridized carbons (Fsp3) is 0.286. The first kappa shape index (κ1) is 24.6. The van der Waals surface area contributed by atoms with E-state index in [9.17, 15) is 9.59 Å². The lowest BCUT2D eigenvalue weighted by Gasteiger charge is -2.31. The summed E-state index contributed by atoms with van der Waals surface area (Å²) in [6.45, 7) is 4.51. The molecule has 4 nitrogen and oxygen atoms in total. The number of rotatable bonds is 10. The standard InChI is InChI=1S/C28H32N2O2S/c1-21-12-14-24(15-13-21)18-30(26(28(32)29-3)17-23-9-5-4-6-10-23)27(31)20-33-19-25-11-7-8-22(2)16-25/h4-16,26H,17-20H2,1-3H3,(H,29,32)/t26-/m0/s1. The average molecular weight is 461 g/mol. The van der Waals surface area contributed by atoms with E-state index in [4.69, 9.17) is 0 Å². The van der Waals surface area contributed by atoms with Crippen molar-refractivity contribution in [3.63, 3.8) is 0 Å². The summed E-state index contributed by atoms with van der Waals surface area (Å²) in [5.74, 6) is 0.901. The molecule has 0 aliphatic rings. The Morgan fingerprint density at radius 1 is 0.848 bits per heavy atom. The molecule has 1 N–H and O–H groups in total. The van der Waals surface area contributed by atoms with Gasteiger partial charge in [-0.1, -0.05) is 90.0 Å². The van der Waals surface area contributed by atoms with Crippen molar-refractivity contribution >= 4 is 23.6 Å². The summed E-state index contributed by atoms with van der Waals surface area (Å²) in [7, 11) is 1.63. The largest absolute Gasteiger partial charge is 0.357 e. The molecular formula is C28H32N2O2S. The summed E-state index contributed by atoms with van der Waals surface area (Å²) in [5.41, 5.74) is 5.62. The van der Waals surface area contributed by atoms with Gasteiger partial charge in [-0.25, -0.2) is 0 Å². The fourth-order valence-electron chi connectivity index (χ4n) is 3.75. The molecule has 33 heavy (non-hydrogen) atoms. The number of thioether (sulfide) groups is 1. The topological polar surface area (TPSA) is 49.4 Å². The van der Waals surface area contributed by atoms with Gasteiger partial charge in [0, 0.05) is 25.8 Å². The van der Waals surface area contributed by atoms with Crippen LogP contribution in [-0.2, 0) is 28.3 Å². The van der Waals surface area contributed by atoms with Crippen molar-refractivity contribution in [2.45, 2.75) is 38.6 Å². The molecule has 0 radical (unpaired) electrons. The molecule has 0 fully saturated rings. The minimum atomic E-state index is -0.578. The second-order valence-corrected chi connectivity index (χ2v) is 9.29. The number of likely N-dealkylation sites (N-methyl/N-ethyl adjacent to an activating group) is 1. The molecular weight excluding hydrogens is 428 g/mol. The molecule has 5 heteroatoms. The lowest BCUT2D eigenvalue weighted by atomic mass is 10.0. The van der Waals surface area contributed by atoms with E-state index < -0.39 is 6.04 Å². The highest BCUT2D eigenvalue weighted by molar-refractivity contribution is 7.99. The minimum Gasteiger partial charge on any atom is -0.357 e. The van der Waals surface area contributed by atoms with E-state index in [1.54, 1.807) is 23.7 Å². The molecule has 0 heterocycles. The van der Waals surface area contributed by atoms with E-state index >= 15 is 0 Å². The van der Waals surface area contributed by atoms with Crippen LogP contribution in [0, 0.1) is 13.8 Å². The van der Waals surface area contributed by atoms with Gasteiger partial charge in [0.2, 0.25) is 11.8 Å². The number of benzene rings is 3. The number of nitrogens with zero attached hydrogens (tertiary/aromatic N) is 1. The van der Waals surface area contributed by atoms with Gasteiger partial charge in [-0.05, 0) is 30.5 Å². The quantitative estimate of drug-likeness (QED) is 0.467. The van der Waals surface area contributed by atoms with Crippen molar-refractivity contribution < 1.29 is 9.59 Å². The zero-order chi connectivity index (χ0) is 23.6. The van der Waals surface area contributed by atoms with Crippen molar-refractivity contribution in [3.05, 3.63) is 107 Å². The zero-order valence-corrected chi connectivity index (χ0v) is 20.4. The third kappa shape index (κ3) is 7.50. The Morgan fingerprint density at radius 2 is 1.55 bits per heavy atom. The Labute approximate surface area is 201 Å². The molecule has 3 aromatic rings. The number of carbonyl (C=O) groups is 2. The van der Waals surface area contributed by atoms with E-state index in [2.05, 4.69) is 30.4 Å². The van der Waals surface area contributed by atoms with Crippen LogP contribution in [-0.4, -0.2) is 35.6 Å². The molecule has 0 spiro atoms. The van der Waals surface area contributed by atoms with Crippen LogP contribution >= 0.6 is 11.8 Å². The summed E-state index contributed by atoms with van der Waals surface area (Å²) in [6, 6.07) is 25.7. The van der Waals surface area contributed by atoms with Gasteiger partial charge in [-0.2, -0.15) is 0 Å². The van der Waals surface area contributed by atoms with Gasteiger partial charge in [0.1, 0.15) is 6.04 Å². The Kier molecular flexibility index (Phi) is 9.14.